The van der Waals surface area contributed by atoms with E-state index in [9.17, 15) is 14.4 Å². The number of hydrogen-bond donors (Lipinski definition) is 1. The Bertz CT molecular complexity index is 1150. The lowest BCUT2D eigenvalue weighted by Gasteiger charge is -2.45. The maximum atomic E-state index is 13.9. The lowest BCUT2D eigenvalue weighted by Crippen LogP contribution is -2.58. The summed E-state index contributed by atoms with van der Waals surface area (Å²) in [6.07, 6.45) is 1.66. The van der Waals surface area contributed by atoms with Gasteiger partial charge in [0.1, 0.15) is 12.2 Å². The number of rotatable bonds is 2. The molecule has 0 aliphatic carbocycles. The summed E-state index contributed by atoms with van der Waals surface area (Å²) in [5, 5.41) is 2.94. The van der Waals surface area contributed by atoms with Gasteiger partial charge >= 0.3 is 0 Å². The van der Waals surface area contributed by atoms with E-state index in [2.05, 4.69) is 25.7 Å². The number of nitrogens with one attached hydrogen (secondary N) is 1. The molecular weight excluding hydrogens is 390 g/mol. The van der Waals surface area contributed by atoms with Crippen molar-refractivity contribution in [2.45, 2.75) is 44.8 Å². The first-order valence-corrected chi connectivity index (χ1v) is 10.5. The Morgan fingerprint density at radius 2 is 1.84 bits per heavy atom. The van der Waals surface area contributed by atoms with Crippen LogP contribution in [0.4, 0.5) is 11.4 Å². The van der Waals surface area contributed by atoms with Crippen LogP contribution >= 0.6 is 0 Å². The van der Waals surface area contributed by atoms with E-state index in [4.69, 9.17) is 0 Å². The van der Waals surface area contributed by atoms with Gasteiger partial charge in [0.25, 0.3) is 5.91 Å². The molecule has 0 radical (unpaired) electrons. The van der Waals surface area contributed by atoms with Gasteiger partial charge in [-0.2, -0.15) is 0 Å². The normalized spacial score (nSPS) is 26.4. The second kappa shape index (κ2) is 6.30. The van der Waals surface area contributed by atoms with Crippen LogP contribution in [0.5, 0.6) is 0 Å². The zero-order chi connectivity index (χ0) is 22.1. The lowest BCUT2D eigenvalue weighted by molar-refractivity contribution is -0.121. The Morgan fingerprint density at radius 1 is 1.16 bits per heavy atom. The quantitative estimate of drug-likeness (QED) is 0.761. The second-order valence-corrected chi connectivity index (χ2v) is 9.14. The highest BCUT2D eigenvalue weighted by Crippen LogP contribution is 2.62. The van der Waals surface area contributed by atoms with Crippen molar-refractivity contribution in [1.29, 1.82) is 0 Å². The molecule has 0 saturated carbocycles. The fourth-order valence-electron chi connectivity index (χ4n) is 5.78. The molecule has 1 fully saturated rings. The van der Waals surface area contributed by atoms with Crippen LogP contribution in [-0.2, 0) is 15.0 Å². The minimum atomic E-state index is -0.695. The van der Waals surface area contributed by atoms with Crippen LogP contribution in [0.3, 0.4) is 0 Å². The largest absolute Gasteiger partial charge is 0.324 e. The fourth-order valence-corrected chi connectivity index (χ4v) is 5.78. The molecule has 0 bridgehead atoms. The summed E-state index contributed by atoms with van der Waals surface area (Å²) >= 11 is 0. The number of fused-ring (bicyclic) bond motifs is 6. The van der Waals surface area contributed by atoms with Crippen LogP contribution < -0.4 is 10.2 Å². The number of carbonyl (C=O) groups excluding carboxylic acids is 3. The Balaban J connectivity index is 1.82. The van der Waals surface area contributed by atoms with E-state index in [1.807, 2.05) is 30.3 Å². The topological polar surface area (TPSA) is 69.7 Å². The van der Waals surface area contributed by atoms with Crippen molar-refractivity contribution in [3.05, 3.63) is 72.3 Å². The molecule has 3 unspecified atom stereocenters. The SMILES string of the molecule is C=CC(C)(C)C12CC3C(=O)Nc4ccccc4C(=O)N3C1N(C(C)=O)c1ccccc12. The van der Waals surface area contributed by atoms with Crippen molar-refractivity contribution in [3.8, 4) is 0 Å². The Labute approximate surface area is 181 Å². The van der Waals surface area contributed by atoms with Crippen LogP contribution in [-0.4, -0.2) is 34.8 Å². The van der Waals surface area contributed by atoms with E-state index in [-0.39, 0.29) is 17.7 Å². The predicted molar refractivity (Wildman–Crippen MR) is 119 cm³/mol. The van der Waals surface area contributed by atoms with Crippen molar-refractivity contribution in [3.63, 3.8) is 0 Å². The molecule has 3 heterocycles. The first-order valence-electron chi connectivity index (χ1n) is 10.5. The van der Waals surface area contributed by atoms with Gasteiger partial charge in [0.05, 0.1) is 11.3 Å². The molecule has 0 aromatic heterocycles. The number of benzene rings is 2. The highest BCUT2D eigenvalue weighted by molar-refractivity contribution is 6.11. The average Bonchev–Trinajstić information content (AvgIpc) is 3.22. The molecule has 3 aliphatic heterocycles. The third kappa shape index (κ3) is 2.30. The number of amides is 3. The standard InChI is InChI=1S/C25H25N3O3/c1-5-24(3,4)25-14-20-21(30)26-18-12-8-6-10-16(18)22(31)28(20)23(25)27(15(2)29)19-13-9-7-11-17(19)25/h5-13,20,23H,1,14H2,2-4H3,(H,26,30). The number of hydrogen-bond acceptors (Lipinski definition) is 3. The smallest absolute Gasteiger partial charge is 0.258 e. The molecule has 0 spiro atoms. The molecule has 158 valence electrons. The Morgan fingerprint density at radius 3 is 2.55 bits per heavy atom. The monoisotopic (exact) mass is 415 g/mol. The van der Waals surface area contributed by atoms with Crippen LogP contribution in [0.15, 0.2) is 61.2 Å². The zero-order valence-electron chi connectivity index (χ0n) is 17.9. The molecule has 1 saturated heterocycles. The molecule has 2 aromatic carbocycles. The van der Waals surface area contributed by atoms with Crippen LogP contribution in [0.2, 0.25) is 0 Å². The second-order valence-electron chi connectivity index (χ2n) is 9.14. The summed E-state index contributed by atoms with van der Waals surface area (Å²) in [4.78, 5) is 43.5. The number of allylic oxidation sites excluding steroid dienone is 1. The summed E-state index contributed by atoms with van der Waals surface area (Å²) in [7, 11) is 0. The van der Waals surface area contributed by atoms with Gasteiger partial charge < -0.3 is 10.2 Å². The van der Waals surface area contributed by atoms with E-state index >= 15 is 0 Å². The van der Waals surface area contributed by atoms with E-state index in [0.29, 0.717) is 17.7 Å². The summed E-state index contributed by atoms with van der Waals surface area (Å²) in [6, 6.07) is 14.1. The van der Waals surface area contributed by atoms with Crippen molar-refractivity contribution in [2.75, 3.05) is 10.2 Å². The Kier molecular flexibility index (Phi) is 3.97. The number of anilines is 2. The third-order valence-electron chi connectivity index (χ3n) is 7.40. The van der Waals surface area contributed by atoms with Gasteiger partial charge in [0.2, 0.25) is 11.8 Å². The zero-order valence-corrected chi connectivity index (χ0v) is 17.9. The summed E-state index contributed by atoms with van der Waals surface area (Å²) < 4.78 is 0. The number of carbonyl (C=O) groups is 3. The molecule has 1 N–H and O–H groups in total. The van der Waals surface area contributed by atoms with E-state index in [1.165, 1.54) is 6.92 Å². The molecule has 3 atom stereocenters. The van der Waals surface area contributed by atoms with Crippen molar-refractivity contribution in [2.24, 2.45) is 5.41 Å². The summed E-state index contributed by atoms with van der Waals surface area (Å²) in [6.45, 7) is 9.72. The molecular formula is C25H25N3O3. The third-order valence-corrected chi connectivity index (χ3v) is 7.40. The molecule has 3 amide bonds. The van der Waals surface area contributed by atoms with E-state index in [0.717, 1.165) is 11.3 Å². The van der Waals surface area contributed by atoms with Gasteiger partial charge in [-0.05, 0) is 35.6 Å². The van der Waals surface area contributed by atoms with Crippen LogP contribution in [0, 0.1) is 5.41 Å². The van der Waals surface area contributed by atoms with Gasteiger partial charge in [-0.25, -0.2) is 0 Å². The number of nitrogens with zero attached hydrogens (tertiary/aromatic N) is 2. The maximum absolute atomic E-state index is 13.9. The predicted octanol–water partition coefficient (Wildman–Crippen LogP) is 3.70. The molecule has 2 aromatic rings. The molecule has 31 heavy (non-hydrogen) atoms. The van der Waals surface area contributed by atoms with Gasteiger partial charge in [-0.1, -0.05) is 50.3 Å². The van der Waals surface area contributed by atoms with Crippen molar-refractivity contribution >= 4 is 29.1 Å². The van der Waals surface area contributed by atoms with Gasteiger partial charge in [-0.3, -0.25) is 19.3 Å². The lowest BCUT2D eigenvalue weighted by atomic mass is 9.60. The highest BCUT2D eigenvalue weighted by Gasteiger charge is 2.69. The Hall–Kier alpha value is -3.41. The molecule has 6 nitrogen and oxygen atoms in total. The van der Waals surface area contributed by atoms with Gasteiger partial charge in [0, 0.05) is 18.0 Å². The van der Waals surface area contributed by atoms with Gasteiger partial charge in [0.15, 0.2) is 0 Å². The van der Waals surface area contributed by atoms with Crippen molar-refractivity contribution in [1.82, 2.24) is 4.90 Å². The maximum Gasteiger partial charge on any atom is 0.258 e. The van der Waals surface area contributed by atoms with Crippen LogP contribution in [0.25, 0.3) is 0 Å². The first-order chi connectivity index (χ1) is 14.7. The minimum absolute atomic E-state index is 0.162. The highest BCUT2D eigenvalue weighted by atomic mass is 16.2. The summed E-state index contributed by atoms with van der Waals surface area (Å²) in [5.41, 5.74) is 1.54. The average molecular weight is 415 g/mol. The van der Waals surface area contributed by atoms with Crippen LogP contribution in [0.1, 0.15) is 43.1 Å². The summed E-state index contributed by atoms with van der Waals surface area (Å²) in [5.74, 6) is -0.636. The van der Waals surface area contributed by atoms with E-state index in [1.54, 1.807) is 34.1 Å². The molecule has 3 aliphatic rings. The molecule has 5 rings (SSSR count). The first kappa shape index (κ1) is 19.5. The van der Waals surface area contributed by atoms with Gasteiger partial charge in [-0.15, -0.1) is 6.58 Å². The number of para-hydroxylation sites is 2. The molecule has 6 heteroatoms. The minimum Gasteiger partial charge on any atom is -0.324 e. The van der Waals surface area contributed by atoms with Crippen molar-refractivity contribution < 1.29 is 14.4 Å². The fraction of sp³-hybridized carbons (Fsp3) is 0.320. The van der Waals surface area contributed by atoms with E-state index < -0.39 is 23.0 Å².